The Bertz CT molecular complexity index is 320. The predicted octanol–water partition coefficient (Wildman–Crippen LogP) is 4.67. The molecule has 0 radical (unpaired) electrons. The topological polar surface area (TPSA) is 29.5 Å². The molecule has 0 aromatic heterocycles. The van der Waals surface area contributed by atoms with Crippen LogP contribution < -0.4 is 0 Å². The summed E-state index contributed by atoms with van der Waals surface area (Å²) in [4.78, 5) is 4.56. The summed E-state index contributed by atoms with van der Waals surface area (Å²) < 4.78 is 0. The molecule has 0 aromatic carbocycles. The van der Waals surface area contributed by atoms with E-state index in [9.17, 15) is 0 Å². The Morgan fingerprint density at radius 2 is 2.00 bits per heavy atom. The van der Waals surface area contributed by atoms with Gasteiger partial charge in [-0.2, -0.15) is 0 Å². The first-order valence-electron chi connectivity index (χ1n) is 5.88. The molecule has 0 spiro atoms. The molecule has 1 atom stereocenters. The Morgan fingerprint density at radius 3 is 2.47 bits per heavy atom. The lowest BCUT2D eigenvalue weighted by Gasteiger charge is -2.21. The second-order valence-corrected chi connectivity index (χ2v) is 4.70. The molecular formula is C15H24O2. The zero-order valence-corrected chi connectivity index (χ0v) is 11.4. The molecule has 0 aliphatic heterocycles. The van der Waals surface area contributed by atoms with Gasteiger partial charge in [0.05, 0.1) is 0 Å². The normalized spacial score (nSPS) is 15.7. The van der Waals surface area contributed by atoms with Crippen LogP contribution in [0.2, 0.25) is 0 Å². The second-order valence-electron chi connectivity index (χ2n) is 4.70. The van der Waals surface area contributed by atoms with Gasteiger partial charge in [0.15, 0.2) is 0 Å². The van der Waals surface area contributed by atoms with Crippen molar-refractivity contribution in [1.29, 1.82) is 0 Å². The summed E-state index contributed by atoms with van der Waals surface area (Å²) in [6.45, 7) is 11.6. The Morgan fingerprint density at radius 1 is 1.35 bits per heavy atom. The van der Waals surface area contributed by atoms with Crippen LogP contribution >= 0.6 is 0 Å². The van der Waals surface area contributed by atoms with E-state index in [2.05, 4.69) is 31.4 Å². The zero-order valence-electron chi connectivity index (χ0n) is 11.4. The van der Waals surface area contributed by atoms with Crippen LogP contribution in [0.1, 0.15) is 40.5 Å². The fourth-order valence-electron chi connectivity index (χ4n) is 1.28. The van der Waals surface area contributed by atoms with E-state index in [1.54, 1.807) is 6.08 Å². The second kappa shape index (κ2) is 8.04. The average molecular weight is 236 g/mol. The summed E-state index contributed by atoms with van der Waals surface area (Å²) in [7, 11) is 0. The van der Waals surface area contributed by atoms with Crippen molar-refractivity contribution in [3.05, 3.63) is 48.1 Å². The lowest BCUT2D eigenvalue weighted by atomic mass is 9.98. The molecule has 0 rings (SSSR count). The smallest absolute Gasteiger partial charge is 0.119 e. The highest BCUT2D eigenvalue weighted by atomic mass is 17.1. The molecule has 0 fully saturated rings. The molecular weight excluding hydrogens is 212 g/mol. The van der Waals surface area contributed by atoms with Gasteiger partial charge in [0.1, 0.15) is 5.60 Å². The first-order chi connectivity index (χ1) is 7.93. The van der Waals surface area contributed by atoms with Gasteiger partial charge in [0.2, 0.25) is 0 Å². The predicted molar refractivity (Wildman–Crippen MR) is 73.9 cm³/mol. The van der Waals surface area contributed by atoms with Gasteiger partial charge < -0.3 is 0 Å². The van der Waals surface area contributed by atoms with Crippen molar-refractivity contribution >= 4 is 0 Å². The maximum absolute atomic E-state index is 8.96. The van der Waals surface area contributed by atoms with E-state index in [-0.39, 0.29) is 0 Å². The fraction of sp³-hybridized carbons (Fsp3) is 0.467. The Balaban J connectivity index is 4.46. The van der Waals surface area contributed by atoms with Crippen LogP contribution in [0.4, 0.5) is 0 Å². The Labute approximate surface area is 105 Å². The third-order valence-electron chi connectivity index (χ3n) is 2.53. The van der Waals surface area contributed by atoms with Gasteiger partial charge >= 0.3 is 0 Å². The Hall–Kier alpha value is -1.12. The van der Waals surface area contributed by atoms with Crippen molar-refractivity contribution in [2.45, 2.75) is 46.1 Å². The van der Waals surface area contributed by atoms with Gasteiger partial charge in [-0.05, 0) is 46.6 Å². The molecule has 2 nitrogen and oxygen atoms in total. The molecule has 17 heavy (non-hydrogen) atoms. The number of hydrogen-bond donors (Lipinski definition) is 1. The molecule has 96 valence electrons. The SMILES string of the molecule is C=C/C(C)=C\C=C\[C@](C)(CCC=C(C)C)OO. The fourth-order valence-corrected chi connectivity index (χ4v) is 1.28. The molecule has 0 saturated heterocycles. The van der Waals surface area contributed by atoms with Gasteiger partial charge in [-0.15, -0.1) is 0 Å². The first kappa shape index (κ1) is 15.9. The van der Waals surface area contributed by atoms with E-state index in [0.29, 0.717) is 0 Å². The highest BCUT2D eigenvalue weighted by molar-refractivity contribution is 5.21. The van der Waals surface area contributed by atoms with E-state index in [1.165, 1.54) is 5.57 Å². The lowest BCUT2D eigenvalue weighted by Crippen LogP contribution is -2.24. The average Bonchev–Trinajstić information content (AvgIpc) is 2.28. The highest BCUT2D eigenvalue weighted by Crippen LogP contribution is 2.19. The van der Waals surface area contributed by atoms with Crippen LogP contribution in [0.5, 0.6) is 0 Å². The van der Waals surface area contributed by atoms with Crippen LogP contribution in [0.15, 0.2) is 48.1 Å². The molecule has 2 heteroatoms. The quantitative estimate of drug-likeness (QED) is 0.301. The number of hydrogen-bond acceptors (Lipinski definition) is 2. The maximum Gasteiger partial charge on any atom is 0.119 e. The van der Waals surface area contributed by atoms with Crippen molar-refractivity contribution < 1.29 is 10.1 Å². The molecule has 0 aliphatic rings. The van der Waals surface area contributed by atoms with Crippen molar-refractivity contribution in [3.63, 3.8) is 0 Å². The van der Waals surface area contributed by atoms with Crippen molar-refractivity contribution in [1.82, 2.24) is 0 Å². The van der Waals surface area contributed by atoms with E-state index in [4.69, 9.17) is 5.26 Å². The van der Waals surface area contributed by atoms with Crippen LogP contribution in [0, 0.1) is 0 Å². The van der Waals surface area contributed by atoms with Crippen molar-refractivity contribution in [2.24, 2.45) is 0 Å². The van der Waals surface area contributed by atoms with Crippen molar-refractivity contribution in [3.8, 4) is 0 Å². The summed E-state index contributed by atoms with van der Waals surface area (Å²) >= 11 is 0. The summed E-state index contributed by atoms with van der Waals surface area (Å²) in [6.07, 6.45) is 11.2. The van der Waals surface area contributed by atoms with Gasteiger partial charge in [0.25, 0.3) is 0 Å². The molecule has 0 aliphatic carbocycles. The molecule has 0 heterocycles. The van der Waals surface area contributed by atoms with Crippen LogP contribution in [-0.2, 0) is 4.89 Å². The third kappa shape index (κ3) is 7.72. The lowest BCUT2D eigenvalue weighted by molar-refractivity contribution is -0.303. The first-order valence-corrected chi connectivity index (χ1v) is 5.88. The number of rotatable bonds is 7. The summed E-state index contributed by atoms with van der Waals surface area (Å²) in [6, 6.07) is 0. The van der Waals surface area contributed by atoms with Crippen LogP contribution in [0.3, 0.4) is 0 Å². The van der Waals surface area contributed by atoms with E-state index < -0.39 is 5.60 Å². The summed E-state index contributed by atoms with van der Waals surface area (Å²) in [5.41, 5.74) is 1.71. The summed E-state index contributed by atoms with van der Waals surface area (Å²) in [5.74, 6) is 0. The van der Waals surface area contributed by atoms with E-state index >= 15 is 0 Å². The zero-order chi connectivity index (χ0) is 13.3. The Kier molecular flexibility index (Phi) is 7.51. The largest absolute Gasteiger partial charge is 0.251 e. The van der Waals surface area contributed by atoms with Crippen LogP contribution in [0.25, 0.3) is 0 Å². The summed E-state index contributed by atoms with van der Waals surface area (Å²) in [5, 5.41) is 8.96. The maximum atomic E-state index is 8.96. The van der Waals surface area contributed by atoms with Gasteiger partial charge in [0, 0.05) is 0 Å². The van der Waals surface area contributed by atoms with Gasteiger partial charge in [-0.25, -0.2) is 4.89 Å². The highest BCUT2D eigenvalue weighted by Gasteiger charge is 2.20. The minimum absolute atomic E-state index is 0.635. The molecule has 0 unspecified atom stereocenters. The van der Waals surface area contributed by atoms with Gasteiger partial charge in [-0.1, -0.05) is 42.0 Å². The molecule has 1 N–H and O–H groups in total. The third-order valence-corrected chi connectivity index (χ3v) is 2.53. The van der Waals surface area contributed by atoms with E-state index in [0.717, 1.165) is 18.4 Å². The number of allylic oxidation sites excluding steroid dienone is 6. The minimum Gasteiger partial charge on any atom is -0.251 e. The standard InChI is InChI=1S/C15H24O2/c1-6-14(4)10-8-12-15(5,17-16)11-7-9-13(2)3/h6,8-10,12,16H,1,7,11H2,2-5H3/b12-8+,14-10-/t15-/m0/s1. The van der Waals surface area contributed by atoms with Crippen LogP contribution in [-0.4, -0.2) is 10.9 Å². The van der Waals surface area contributed by atoms with Gasteiger partial charge in [-0.3, -0.25) is 5.26 Å². The molecule has 0 bridgehead atoms. The molecule has 0 amide bonds. The van der Waals surface area contributed by atoms with Crippen molar-refractivity contribution in [2.75, 3.05) is 0 Å². The molecule has 0 saturated carbocycles. The molecule has 0 aromatic rings. The van der Waals surface area contributed by atoms with E-state index in [1.807, 2.05) is 32.1 Å². The monoisotopic (exact) mass is 236 g/mol. The minimum atomic E-state index is -0.635.